The van der Waals surface area contributed by atoms with Gasteiger partial charge in [-0.3, -0.25) is 4.79 Å². The summed E-state index contributed by atoms with van der Waals surface area (Å²) in [5.41, 5.74) is 0.592. The molecule has 27 heavy (non-hydrogen) atoms. The third-order valence-electron chi connectivity index (χ3n) is 3.83. The molecule has 1 aromatic heterocycles. The fourth-order valence-corrected chi connectivity index (χ4v) is 5.19. The maximum atomic E-state index is 13.0. The van der Waals surface area contributed by atoms with Crippen LogP contribution in [0.3, 0.4) is 0 Å². The van der Waals surface area contributed by atoms with E-state index in [2.05, 4.69) is 5.32 Å². The molecule has 5 nitrogen and oxygen atoms in total. The molecule has 0 aliphatic rings. The maximum absolute atomic E-state index is 13.0. The van der Waals surface area contributed by atoms with Crippen LogP contribution >= 0.6 is 11.3 Å². The Morgan fingerprint density at radius 2 is 1.63 bits per heavy atom. The lowest BCUT2D eigenvalue weighted by atomic mass is 10.2. The molecule has 1 aromatic carbocycles. The van der Waals surface area contributed by atoms with Crippen molar-refractivity contribution in [1.29, 1.82) is 0 Å². The van der Waals surface area contributed by atoms with E-state index in [1.165, 1.54) is 11.3 Å². The molecular formula is C20H28N2O3S2. The highest BCUT2D eigenvalue weighted by atomic mass is 32.2. The zero-order valence-electron chi connectivity index (χ0n) is 16.3. The Morgan fingerprint density at radius 3 is 2.11 bits per heavy atom. The van der Waals surface area contributed by atoms with Gasteiger partial charge in [-0.1, -0.05) is 33.8 Å². The van der Waals surface area contributed by atoms with Crippen molar-refractivity contribution in [3.63, 3.8) is 0 Å². The van der Waals surface area contributed by atoms with Gasteiger partial charge >= 0.3 is 0 Å². The molecule has 148 valence electrons. The highest BCUT2D eigenvalue weighted by Crippen LogP contribution is 2.21. The first kappa shape index (κ1) is 21.6. The predicted octanol–water partition coefficient (Wildman–Crippen LogP) is 4.23. The van der Waals surface area contributed by atoms with Gasteiger partial charge in [-0.25, -0.2) is 8.42 Å². The van der Waals surface area contributed by atoms with E-state index in [1.54, 1.807) is 28.6 Å². The number of carbonyl (C=O) groups is 1. The Morgan fingerprint density at radius 1 is 1.04 bits per heavy atom. The molecule has 0 unspecified atom stereocenters. The average molecular weight is 409 g/mol. The van der Waals surface area contributed by atoms with E-state index in [0.717, 1.165) is 4.88 Å². The lowest BCUT2D eigenvalue weighted by Gasteiger charge is -2.25. The summed E-state index contributed by atoms with van der Waals surface area (Å²) in [6.45, 7) is 9.01. The van der Waals surface area contributed by atoms with E-state index >= 15 is 0 Å². The van der Waals surface area contributed by atoms with Gasteiger partial charge in [0.15, 0.2) is 0 Å². The molecule has 1 amide bonds. The normalized spacial score (nSPS) is 12.1. The average Bonchev–Trinajstić information content (AvgIpc) is 3.06. The first-order valence-corrected chi connectivity index (χ1v) is 11.4. The van der Waals surface area contributed by atoms with Crippen molar-refractivity contribution in [3.05, 3.63) is 46.7 Å². The van der Waals surface area contributed by atoms with E-state index in [0.29, 0.717) is 25.2 Å². The Labute approximate surface area is 166 Å². The van der Waals surface area contributed by atoms with Crippen molar-refractivity contribution in [3.8, 4) is 0 Å². The number of nitrogens with zero attached hydrogens (tertiary/aromatic N) is 1. The monoisotopic (exact) mass is 408 g/mol. The van der Waals surface area contributed by atoms with E-state index < -0.39 is 10.0 Å². The minimum absolute atomic E-state index is 0.116. The number of hydrogen-bond acceptors (Lipinski definition) is 4. The SMILES string of the molecule is CC(C)CN(CC(C)C)S(=O)(=O)c1ccc(NC(=O)Cc2cccs2)cc1. The second-order valence-electron chi connectivity index (χ2n) is 7.44. The van der Waals surface area contributed by atoms with Crippen molar-refractivity contribution < 1.29 is 13.2 Å². The third kappa shape index (κ3) is 6.45. The summed E-state index contributed by atoms with van der Waals surface area (Å²) >= 11 is 1.53. The van der Waals surface area contributed by atoms with E-state index in [4.69, 9.17) is 0 Å². The molecule has 0 radical (unpaired) electrons. The molecule has 0 spiro atoms. The van der Waals surface area contributed by atoms with Crippen molar-refractivity contribution in [2.75, 3.05) is 18.4 Å². The molecule has 2 rings (SSSR count). The summed E-state index contributed by atoms with van der Waals surface area (Å²) in [6.07, 6.45) is 0.314. The lowest BCUT2D eigenvalue weighted by Crippen LogP contribution is -2.37. The summed E-state index contributed by atoms with van der Waals surface area (Å²) in [5.74, 6) is 0.373. The molecule has 1 N–H and O–H groups in total. The summed E-state index contributed by atoms with van der Waals surface area (Å²) in [7, 11) is -3.56. The van der Waals surface area contributed by atoms with Gasteiger partial charge < -0.3 is 5.32 Å². The highest BCUT2D eigenvalue weighted by molar-refractivity contribution is 7.89. The van der Waals surface area contributed by atoms with Gasteiger partial charge in [0, 0.05) is 23.7 Å². The number of carbonyl (C=O) groups excluding carboxylic acids is 1. The number of benzene rings is 1. The number of thiophene rings is 1. The van der Waals surface area contributed by atoms with E-state index in [-0.39, 0.29) is 22.6 Å². The van der Waals surface area contributed by atoms with Crippen LogP contribution in [0.5, 0.6) is 0 Å². The van der Waals surface area contributed by atoms with E-state index in [9.17, 15) is 13.2 Å². The molecule has 0 aliphatic heterocycles. The molecule has 0 atom stereocenters. The van der Waals surface area contributed by atoms with Crippen LogP contribution in [0.2, 0.25) is 0 Å². The number of rotatable bonds is 9. The molecule has 2 aromatic rings. The number of sulfonamides is 1. The molecule has 1 heterocycles. The van der Waals surface area contributed by atoms with Crippen LogP contribution in [0.1, 0.15) is 32.6 Å². The molecule has 0 saturated carbocycles. The fourth-order valence-electron chi connectivity index (χ4n) is 2.72. The number of amides is 1. The molecule has 0 bridgehead atoms. The summed E-state index contributed by atoms with van der Waals surface area (Å²) in [4.78, 5) is 13.3. The van der Waals surface area contributed by atoms with Crippen LogP contribution in [0, 0.1) is 11.8 Å². The molecular weight excluding hydrogens is 380 g/mol. The Kier molecular flexibility index (Phi) is 7.59. The first-order valence-electron chi connectivity index (χ1n) is 9.11. The van der Waals surface area contributed by atoms with Gasteiger partial charge in [0.1, 0.15) is 0 Å². The van der Waals surface area contributed by atoms with Crippen molar-refractivity contribution in [2.24, 2.45) is 11.8 Å². The number of nitrogens with one attached hydrogen (secondary N) is 1. The minimum atomic E-state index is -3.56. The van der Waals surface area contributed by atoms with Gasteiger partial charge in [-0.2, -0.15) is 4.31 Å². The zero-order chi connectivity index (χ0) is 20.0. The second-order valence-corrected chi connectivity index (χ2v) is 10.4. The minimum Gasteiger partial charge on any atom is -0.326 e. The largest absolute Gasteiger partial charge is 0.326 e. The fraction of sp³-hybridized carbons (Fsp3) is 0.450. The number of hydrogen-bond donors (Lipinski definition) is 1. The van der Waals surface area contributed by atoms with E-state index in [1.807, 2.05) is 45.2 Å². The first-order chi connectivity index (χ1) is 12.7. The predicted molar refractivity (Wildman–Crippen MR) is 112 cm³/mol. The molecule has 0 fully saturated rings. The van der Waals surface area contributed by atoms with Crippen LogP contribution in [0.25, 0.3) is 0 Å². The Balaban J connectivity index is 2.10. The van der Waals surface area contributed by atoms with Crippen molar-refractivity contribution in [1.82, 2.24) is 4.31 Å². The Hall–Kier alpha value is -1.70. The van der Waals surface area contributed by atoms with Crippen LogP contribution < -0.4 is 5.32 Å². The van der Waals surface area contributed by atoms with Gasteiger partial charge in [-0.05, 0) is 47.5 Å². The van der Waals surface area contributed by atoms with Gasteiger partial charge in [0.2, 0.25) is 15.9 Å². The summed E-state index contributed by atoms with van der Waals surface area (Å²) in [5, 5.41) is 4.74. The second kappa shape index (κ2) is 9.48. The molecule has 0 saturated heterocycles. The van der Waals surface area contributed by atoms with Crippen LogP contribution in [-0.4, -0.2) is 31.7 Å². The van der Waals surface area contributed by atoms with Crippen LogP contribution in [0.4, 0.5) is 5.69 Å². The Bertz CT molecular complexity index is 817. The van der Waals surface area contributed by atoms with Crippen molar-refractivity contribution in [2.45, 2.75) is 39.0 Å². The quantitative estimate of drug-likeness (QED) is 0.675. The highest BCUT2D eigenvalue weighted by Gasteiger charge is 2.25. The molecule has 0 aliphatic carbocycles. The van der Waals surface area contributed by atoms with Gasteiger partial charge in [-0.15, -0.1) is 11.3 Å². The zero-order valence-corrected chi connectivity index (χ0v) is 17.9. The van der Waals surface area contributed by atoms with Crippen LogP contribution in [0.15, 0.2) is 46.7 Å². The van der Waals surface area contributed by atoms with Crippen molar-refractivity contribution >= 4 is 33.0 Å². The standard InChI is InChI=1S/C20H28N2O3S2/c1-15(2)13-22(14-16(3)4)27(24,25)19-9-7-17(8-10-19)21-20(23)12-18-6-5-11-26-18/h5-11,15-16H,12-14H2,1-4H3,(H,21,23). The number of anilines is 1. The van der Waals surface area contributed by atoms with Gasteiger partial charge in [0.25, 0.3) is 0 Å². The lowest BCUT2D eigenvalue weighted by molar-refractivity contribution is -0.115. The summed E-state index contributed by atoms with van der Waals surface area (Å²) in [6, 6.07) is 10.2. The van der Waals surface area contributed by atoms with Gasteiger partial charge in [0.05, 0.1) is 11.3 Å². The maximum Gasteiger partial charge on any atom is 0.243 e. The third-order valence-corrected chi connectivity index (χ3v) is 6.55. The van der Waals surface area contributed by atoms with Crippen LogP contribution in [-0.2, 0) is 21.2 Å². The topological polar surface area (TPSA) is 66.5 Å². The molecule has 7 heteroatoms. The smallest absolute Gasteiger partial charge is 0.243 e. The summed E-state index contributed by atoms with van der Waals surface area (Å²) < 4.78 is 27.5.